The SMILES string of the molecule is Cc1ccc(OCC2CCC2)c(N2CCCNCC2)c1. The molecule has 110 valence electrons. The highest BCUT2D eigenvalue weighted by molar-refractivity contribution is 5.60. The number of rotatable bonds is 4. The minimum Gasteiger partial charge on any atom is -0.491 e. The van der Waals surface area contributed by atoms with Gasteiger partial charge in [0.2, 0.25) is 0 Å². The molecule has 1 aliphatic carbocycles. The monoisotopic (exact) mass is 274 g/mol. The Morgan fingerprint density at radius 3 is 2.90 bits per heavy atom. The first-order valence-corrected chi connectivity index (χ1v) is 8.02. The summed E-state index contributed by atoms with van der Waals surface area (Å²) in [5, 5.41) is 3.47. The summed E-state index contributed by atoms with van der Waals surface area (Å²) < 4.78 is 6.13. The van der Waals surface area contributed by atoms with E-state index in [0.717, 1.165) is 44.5 Å². The standard InChI is InChI=1S/C17H26N2O/c1-14-6-7-17(20-13-15-4-2-5-15)16(12-14)19-10-3-8-18-9-11-19/h6-7,12,15,18H,2-5,8-11,13H2,1H3. The van der Waals surface area contributed by atoms with Crippen molar-refractivity contribution in [3.05, 3.63) is 23.8 Å². The van der Waals surface area contributed by atoms with E-state index in [-0.39, 0.29) is 0 Å². The van der Waals surface area contributed by atoms with E-state index in [1.807, 2.05) is 0 Å². The summed E-state index contributed by atoms with van der Waals surface area (Å²) in [6.07, 6.45) is 5.27. The van der Waals surface area contributed by atoms with Crippen LogP contribution in [-0.4, -0.2) is 32.8 Å². The average molecular weight is 274 g/mol. The number of aryl methyl sites for hydroxylation is 1. The van der Waals surface area contributed by atoms with Crippen LogP contribution in [0.5, 0.6) is 5.75 Å². The molecule has 3 heteroatoms. The number of anilines is 1. The van der Waals surface area contributed by atoms with Crippen molar-refractivity contribution < 1.29 is 4.74 Å². The molecule has 0 atom stereocenters. The molecule has 20 heavy (non-hydrogen) atoms. The fourth-order valence-corrected chi connectivity index (χ4v) is 2.95. The molecule has 0 unspecified atom stereocenters. The summed E-state index contributed by atoms with van der Waals surface area (Å²) in [7, 11) is 0. The molecule has 1 aromatic carbocycles. The molecule has 1 saturated carbocycles. The van der Waals surface area contributed by atoms with Gasteiger partial charge in [-0.3, -0.25) is 0 Å². The Bertz CT molecular complexity index is 435. The second kappa shape index (κ2) is 6.49. The lowest BCUT2D eigenvalue weighted by atomic mass is 9.86. The summed E-state index contributed by atoms with van der Waals surface area (Å²) in [4.78, 5) is 2.48. The molecule has 1 heterocycles. The number of ether oxygens (including phenoxy) is 1. The number of hydrogen-bond acceptors (Lipinski definition) is 3. The highest BCUT2D eigenvalue weighted by atomic mass is 16.5. The second-order valence-corrected chi connectivity index (χ2v) is 6.17. The van der Waals surface area contributed by atoms with Crippen molar-refractivity contribution in [2.45, 2.75) is 32.6 Å². The zero-order valence-electron chi connectivity index (χ0n) is 12.5. The summed E-state index contributed by atoms with van der Waals surface area (Å²) in [5.41, 5.74) is 2.60. The van der Waals surface area contributed by atoms with Crippen LogP contribution in [0.3, 0.4) is 0 Å². The number of nitrogens with zero attached hydrogens (tertiary/aromatic N) is 1. The van der Waals surface area contributed by atoms with Crippen molar-refractivity contribution in [2.24, 2.45) is 5.92 Å². The largest absolute Gasteiger partial charge is 0.491 e. The van der Waals surface area contributed by atoms with E-state index < -0.39 is 0 Å². The smallest absolute Gasteiger partial charge is 0.142 e. The van der Waals surface area contributed by atoms with Crippen LogP contribution in [0, 0.1) is 12.8 Å². The first kappa shape index (κ1) is 13.7. The fraction of sp³-hybridized carbons (Fsp3) is 0.647. The molecule has 2 fully saturated rings. The molecule has 3 nitrogen and oxygen atoms in total. The van der Waals surface area contributed by atoms with Crippen LogP contribution in [0.1, 0.15) is 31.2 Å². The predicted molar refractivity (Wildman–Crippen MR) is 83.7 cm³/mol. The van der Waals surface area contributed by atoms with Crippen LogP contribution in [0.2, 0.25) is 0 Å². The first-order valence-electron chi connectivity index (χ1n) is 8.02. The van der Waals surface area contributed by atoms with Crippen molar-refractivity contribution in [1.29, 1.82) is 0 Å². The Kier molecular flexibility index (Phi) is 4.46. The second-order valence-electron chi connectivity index (χ2n) is 6.17. The summed E-state index contributed by atoms with van der Waals surface area (Å²) in [5.74, 6) is 1.86. The van der Waals surface area contributed by atoms with Gasteiger partial charge in [0.05, 0.1) is 12.3 Å². The van der Waals surface area contributed by atoms with Crippen LogP contribution in [0.4, 0.5) is 5.69 Å². The molecular weight excluding hydrogens is 248 g/mol. The molecule has 3 rings (SSSR count). The Labute approximate surface area is 122 Å². The lowest BCUT2D eigenvalue weighted by molar-refractivity contribution is 0.181. The van der Waals surface area contributed by atoms with Gasteiger partial charge in [0, 0.05) is 19.6 Å². The normalized spacial score (nSPS) is 20.4. The molecule has 1 N–H and O–H groups in total. The molecule has 0 spiro atoms. The molecule has 1 saturated heterocycles. The molecular formula is C17H26N2O. The van der Waals surface area contributed by atoms with Gasteiger partial charge in [0.25, 0.3) is 0 Å². The van der Waals surface area contributed by atoms with Gasteiger partial charge in [-0.05, 0) is 56.3 Å². The highest BCUT2D eigenvalue weighted by Crippen LogP contribution is 2.32. The Hall–Kier alpha value is -1.22. The maximum atomic E-state index is 6.13. The number of benzene rings is 1. The molecule has 0 aromatic heterocycles. The maximum Gasteiger partial charge on any atom is 0.142 e. The van der Waals surface area contributed by atoms with Gasteiger partial charge in [0.15, 0.2) is 0 Å². The van der Waals surface area contributed by atoms with E-state index in [1.165, 1.54) is 36.9 Å². The van der Waals surface area contributed by atoms with E-state index in [1.54, 1.807) is 0 Å². The van der Waals surface area contributed by atoms with Crippen molar-refractivity contribution in [1.82, 2.24) is 5.32 Å². The van der Waals surface area contributed by atoms with Crippen molar-refractivity contribution in [2.75, 3.05) is 37.7 Å². The van der Waals surface area contributed by atoms with E-state index in [0.29, 0.717) is 0 Å². The highest BCUT2D eigenvalue weighted by Gasteiger charge is 2.20. The zero-order valence-corrected chi connectivity index (χ0v) is 12.5. The molecule has 1 aliphatic heterocycles. The van der Waals surface area contributed by atoms with Crippen molar-refractivity contribution in [3.8, 4) is 5.75 Å². The average Bonchev–Trinajstić information content (AvgIpc) is 2.67. The molecule has 0 radical (unpaired) electrons. The lowest BCUT2D eigenvalue weighted by Gasteiger charge is -2.28. The third kappa shape index (κ3) is 3.26. The van der Waals surface area contributed by atoms with Gasteiger partial charge in [0.1, 0.15) is 5.75 Å². The Morgan fingerprint density at radius 2 is 2.10 bits per heavy atom. The van der Waals surface area contributed by atoms with Gasteiger partial charge >= 0.3 is 0 Å². The Morgan fingerprint density at radius 1 is 1.20 bits per heavy atom. The molecule has 2 aliphatic rings. The van der Waals surface area contributed by atoms with Crippen LogP contribution >= 0.6 is 0 Å². The fourth-order valence-electron chi connectivity index (χ4n) is 2.95. The van der Waals surface area contributed by atoms with Crippen LogP contribution in [-0.2, 0) is 0 Å². The minimum atomic E-state index is 0.787. The number of hydrogen-bond donors (Lipinski definition) is 1. The third-order valence-electron chi connectivity index (χ3n) is 4.49. The van der Waals surface area contributed by atoms with Gasteiger partial charge in [-0.1, -0.05) is 12.5 Å². The lowest BCUT2D eigenvalue weighted by Crippen LogP contribution is -2.28. The summed E-state index contributed by atoms with van der Waals surface area (Å²) in [6.45, 7) is 7.44. The minimum absolute atomic E-state index is 0.787. The summed E-state index contributed by atoms with van der Waals surface area (Å²) in [6, 6.07) is 6.60. The van der Waals surface area contributed by atoms with Gasteiger partial charge in [-0.25, -0.2) is 0 Å². The zero-order chi connectivity index (χ0) is 13.8. The third-order valence-corrected chi connectivity index (χ3v) is 4.49. The van der Waals surface area contributed by atoms with E-state index in [2.05, 4.69) is 35.3 Å². The van der Waals surface area contributed by atoms with E-state index in [9.17, 15) is 0 Å². The molecule has 0 bridgehead atoms. The first-order chi connectivity index (χ1) is 9.83. The predicted octanol–water partition coefficient (Wildman–Crippen LogP) is 2.97. The summed E-state index contributed by atoms with van der Waals surface area (Å²) >= 11 is 0. The quantitative estimate of drug-likeness (QED) is 0.913. The van der Waals surface area contributed by atoms with E-state index >= 15 is 0 Å². The van der Waals surface area contributed by atoms with Crippen molar-refractivity contribution in [3.63, 3.8) is 0 Å². The number of nitrogens with one attached hydrogen (secondary N) is 1. The molecule has 0 amide bonds. The van der Waals surface area contributed by atoms with Gasteiger partial charge < -0.3 is 15.0 Å². The van der Waals surface area contributed by atoms with Gasteiger partial charge in [-0.2, -0.15) is 0 Å². The van der Waals surface area contributed by atoms with Crippen molar-refractivity contribution >= 4 is 5.69 Å². The topological polar surface area (TPSA) is 24.5 Å². The molecule has 1 aromatic rings. The Balaban J connectivity index is 1.73. The van der Waals surface area contributed by atoms with Gasteiger partial charge in [-0.15, -0.1) is 0 Å². The van der Waals surface area contributed by atoms with E-state index in [4.69, 9.17) is 4.74 Å². The van der Waals surface area contributed by atoms with Crippen LogP contribution < -0.4 is 15.0 Å². The van der Waals surface area contributed by atoms with Crippen LogP contribution in [0.25, 0.3) is 0 Å². The maximum absolute atomic E-state index is 6.13. The van der Waals surface area contributed by atoms with Crippen LogP contribution in [0.15, 0.2) is 18.2 Å².